The molecule has 3 aromatic rings. The van der Waals surface area contributed by atoms with Crippen LogP contribution in [0.2, 0.25) is 0 Å². The molecule has 0 radical (unpaired) electrons. The molecule has 4 rings (SSSR count). The van der Waals surface area contributed by atoms with Gasteiger partial charge in [-0.2, -0.15) is 5.10 Å². The van der Waals surface area contributed by atoms with Gasteiger partial charge in [-0.05, 0) is 75.8 Å². The number of carbonyl (C=O) groups is 1. The molecule has 1 aliphatic rings. The summed E-state index contributed by atoms with van der Waals surface area (Å²) in [5.41, 5.74) is 4.43. The summed E-state index contributed by atoms with van der Waals surface area (Å²) in [5, 5.41) is 12.8. The van der Waals surface area contributed by atoms with E-state index in [1.54, 1.807) is 38.1 Å². The van der Waals surface area contributed by atoms with Crippen molar-refractivity contribution >= 4 is 21.6 Å². The highest BCUT2D eigenvalue weighted by Gasteiger charge is 2.26. The molecule has 0 aliphatic heterocycles. The van der Waals surface area contributed by atoms with E-state index in [0.29, 0.717) is 40.9 Å². The van der Waals surface area contributed by atoms with Gasteiger partial charge >= 0.3 is 0 Å². The number of primary sulfonamides is 1. The van der Waals surface area contributed by atoms with E-state index in [1.165, 1.54) is 10.7 Å². The number of aryl methyl sites for hydroxylation is 2. The summed E-state index contributed by atoms with van der Waals surface area (Å²) in [7, 11) is -3.93. The van der Waals surface area contributed by atoms with Gasteiger partial charge in [0.15, 0.2) is 0 Å². The minimum atomic E-state index is -3.93. The number of sulfonamides is 1. The van der Waals surface area contributed by atoms with Crippen molar-refractivity contribution in [3.05, 3.63) is 75.1 Å². The van der Waals surface area contributed by atoms with Gasteiger partial charge in [-0.3, -0.25) is 9.59 Å². The number of nitrogens with one attached hydrogen (secondary N) is 1. The van der Waals surface area contributed by atoms with Crippen molar-refractivity contribution in [2.24, 2.45) is 5.14 Å². The van der Waals surface area contributed by atoms with Crippen molar-refractivity contribution in [2.75, 3.05) is 5.32 Å². The molecule has 0 spiro atoms. The SMILES string of the molecule is Cc1ccc(NC(=O)[C@@H](C)n2nc(-c3ccc(C)c(S(N)(=O)=O)c3)c3c(c2=O)CCCC3)cc1. The van der Waals surface area contributed by atoms with Gasteiger partial charge in [0.1, 0.15) is 6.04 Å². The van der Waals surface area contributed by atoms with E-state index in [9.17, 15) is 18.0 Å². The zero-order valence-corrected chi connectivity index (χ0v) is 20.3. The number of hydrogen-bond acceptors (Lipinski definition) is 5. The van der Waals surface area contributed by atoms with Gasteiger partial charge in [0, 0.05) is 16.8 Å². The fourth-order valence-electron chi connectivity index (χ4n) is 4.30. The first kappa shape index (κ1) is 23.8. The molecular weight excluding hydrogens is 452 g/mol. The molecule has 0 saturated heterocycles. The molecule has 0 bridgehead atoms. The fraction of sp³-hybridized carbons (Fsp3) is 0.320. The van der Waals surface area contributed by atoms with Crippen LogP contribution in [0.25, 0.3) is 11.3 Å². The van der Waals surface area contributed by atoms with Gasteiger partial charge in [-0.25, -0.2) is 18.2 Å². The molecule has 9 heteroatoms. The van der Waals surface area contributed by atoms with Crippen LogP contribution in [-0.2, 0) is 27.7 Å². The molecule has 2 aromatic carbocycles. The third kappa shape index (κ3) is 4.67. The second-order valence-corrected chi connectivity index (χ2v) is 10.3. The number of nitrogens with zero attached hydrogens (tertiary/aromatic N) is 2. The van der Waals surface area contributed by atoms with Crippen molar-refractivity contribution in [1.29, 1.82) is 0 Å². The van der Waals surface area contributed by atoms with Crippen molar-refractivity contribution in [3.8, 4) is 11.3 Å². The largest absolute Gasteiger partial charge is 0.324 e. The first-order chi connectivity index (χ1) is 16.1. The molecule has 178 valence electrons. The van der Waals surface area contributed by atoms with E-state index in [4.69, 9.17) is 5.14 Å². The zero-order chi connectivity index (χ0) is 24.6. The normalized spacial score (nSPS) is 14.4. The second kappa shape index (κ2) is 9.15. The molecule has 0 unspecified atom stereocenters. The predicted octanol–water partition coefficient (Wildman–Crippen LogP) is 3.25. The Labute approximate surface area is 198 Å². The van der Waals surface area contributed by atoms with Crippen molar-refractivity contribution in [1.82, 2.24) is 9.78 Å². The Balaban J connectivity index is 1.81. The van der Waals surface area contributed by atoms with Crippen LogP contribution < -0.4 is 16.0 Å². The van der Waals surface area contributed by atoms with Crippen LogP contribution in [-0.4, -0.2) is 24.1 Å². The maximum atomic E-state index is 13.3. The molecule has 8 nitrogen and oxygen atoms in total. The van der Waals surface area contributed by atoms with E-state index in [1.807, 2.05) is 19.1 Å². The number of benzene rings is 2. The smallest absolute Gasteiger partial charge is 0.271 e. The second-order valence-electron chi connectivity index (χ2n) is 8.82. The Kier molecular flexibility index (Phi) is 6.42. The molecule has 1 aliphatic carbocycles. The van der Waals surface area contributed by atoms with Gasteiger partial charge in [0.05, 0.1) is 10.6 Å². The Morgan fingerprint density at radius 2 is 1.71 bits per heavy atom. The number of fused-ring (bicyclic) bond motifs is 1. The van der Waals surface area contributed by atoms with E-state index in [2.05, 4.69) is 10.4 Å². The van der Waals surface area contributed by atoms with Crippen LogP contribution in [0.3, 0.4) is 0 Å². The van der Waals surface area contributed by atoms with Crippen LogP contribution in [0.15, 0.2) is 52.2 Å². The molecular formula is C25H28N4O4S. The monoisotopic (exact) mass is 480 g/mol. The van der Waals surface area contributed by atoms with Crippen LogP contribution in [0.1, 0.15) is 48.1 Å². The highest BCUT2D eigenvalue weighted by Crippen LogP contribution is 2.31. The summed E-state index contributed by atoms with van der Waals surface area (Å²) in [6.07, 6.45) is 3.02. The standard InChI is InChI=1S/C25H28N4O4S/c1-15-8-12-19(13-9-15)27-24(30)17(3)29-25(31)21-7-5-4-6-20(21)23(28-29)18-11-10-16(2)22(14-18)34(26,32)33/h8-14,17H,4-7H2,1-3H3,(H,27,30)(H2,26,32,33)/t17-/m1/s1. The lowest BCUT2D eigenvalue weighted by Gasteiger charge is -2.23. The van der Waals surface area contributed by atoms with Crippen LogP contribution >= 0.6 is 0 Å². The summed E-state index contributed by atoms with van der Waals surface area (Å²) in [6.45, 7) is 5.26. The lowest BCUT2D eigenvalue weighted by molar-refractivity contribution is -0.119. The highest BCUT2D eigenvalue weighted by atomic mass is 32.2. The quantitative estimate of drug-likeness (QED) is 0.580. The number of anilines is 1. The molecule has 0 saturated carbocycles. The lowest BCUT2D eigenvalue weighted by Crippen LogP contribution is -2.37. The van der Waals surface area contributed by atoms with E-state index in [-0.39, 0.29) is 16.4 Å². The molecule has 1 amide bonds. The maximum Gasteiger partial charge on any atom is 0.271 e. The van der Waals surface area contributed by atoms with Crippen LogP contribution in [0.4, 0.5) is 5.69 Å². The zero-order valence-electron chi connectivity index (χ0n) is 19.5. The molecule has 1 aromatic heterocycles. The molecule has 1 heterocycles. The average molecular weight is 481 g/mol. The van der Waals surface area contributed by atoms with Gasteiger partial charge < -0.3 is 5.32 Å². The highest BCUT2D eigenvalue weighted by molar-refractivity contribution is 7.89. The van der Waals surface area contributed by atoms with Gasteiger partial charge in [0.2, 0.25) is 15.9 Å². The summed E-state index contributed by atoms with van der Waals surface area (Å²) >= 11 is 0. The first-order valence-electron chi connectivity index (χ1n) is 11.2. The average Bonchev–Trinajstić information content (AvgIpc) is 2.80. The minimum Gasteiger partial charge on any atom is -0.324 e. The maximum absolute atomic E-state index is 13.3. The van der Waals surface area contributed by atoms with Crippen molar-refractivity contribution < 1.29 is 13.2 Å². The number of nitrogens with two attached hydrogens (primary N) is 1. The summed E-state index contributed by atoms with van der Waals surface area (Å²) in [5.74, 6) is -0.366. The number of rotatable bonds is 5. The van der Waals surface area contributed by atoms with Crippen molar-refractivity contribution in [2.45, 2.75) is 57.4 Å². The predicted molar refractivity (Wildman–Crippen MR) is 131 cm³/mol. The molecule has 34 heavy (non-hydrogen) atoms. The third-order valence-electron chi connectivity index (χ3n) is 6.26. The Morgan fingerprint density at radius 3 is 2.35 bits per heavy atom. The Hall–Kier alpha value is -3.30. The Morgan fingerprint density at radius 1 is 1.06 bits per heavy atom. The molecule has 3 N–H and O–H groups in total. The summed E-state index contributed by atoms with van der Waals surface area (Å²) in [4.78, 5) is 26.3. The van der Waals surface area contributed by atoms with Gasteiger partial charge in [-0.1, -0.05) is 29.8 Å². The van der Waals surface area contributed by atoms with Crippen LogP contribution in [0.5, 0.6) is 0 Å². The third-order valence-corrected chi connectivity index (χ3v) is 7.31. The fourth-order valence-corrected chi connectivity index (χ4v) is 5.11. The number of hydrogen-bond donors (Lipinski definition) is 2. The van der Waals surface area contributed by atoms with Crippen molar-refractivity contribution in [3.63, 3.8) is 0 Å². The minimum absolute atomic E-state index is 0.0132. The number of amides is 1. The molecule has 0 fully saturated rings. The molecule has 1 atom stereocenters. The Bertz CT molecular complexity index is 1430. The van der Waals surface area contributed by atoms with E-state index in [0.717, 1.165) is 24.0 Å². The topological polar surface area (TPSA) is 124 Å². The van der Waals surface area contributed by atoms with E-state index < -0.39 is 16.1 Å². The van der Waals surface area contributed by atoms with Gasteiger partial charge in [-0.15, -0.1) is 0 Å². The summed E-state index contributed by atoms with van der Waals surface area (Å²) < 4.78 is 25.4. The van der Waals surface area contributed by atoms with E-state index >= 15 is 0 Å². The van der Waals surface area contributed by atoms with Crippen LogP contribution in [0, 0.1) is 13.8 Å². The first-order valence-corrected chi connectivity index (χ1v) is 12.8. The summed E-state index contributed by atoms with van der Waals surface area (Å²) in [6, 6.07) is 11.5. The lowest BCUT2D eigenvalue weighted by atomic mass is 9.89. The van der Waals surface area contributed by atoms with Gasteiger partial charge in [0.25, 0.3) is 5.56 Å². The number of carbonyl (C=O) groups excluding carboxylic acids is 1. The number of aromatic nitrogens is 2.